The number of hydrogen-bond donors (Lipinski definition) is 0. The van der Waals surface area contributed by atoms with E-state index in [0.717, 1.165) is 103 Å². The zero-order valence-electron chi connectivity index (χ0n) is 54.9. The first kappa shape index (κ1) is 79.3. The van der Waals surface area contributed by atoms with Gasteiger partial charge in [-0.15, -0.1) is 0 Å². The summed E-state index contributed by atoms with van der Waals surface area (Å²) in [5.74, 6) is -0.866. The lowest BCUT2D eigenvalue weighted by Crippen LogP contribution is -2.30. The topological polar surface area (TPSA) is 78.9 Å². The Morgan fingerprint density at radius 2 is 0.470 bits per heavy atom. The van der Waals surface area contributed by atoms with E-state index >= 15 is 0 Å². The maximum absolute atomic E-state index is 12.9. The molecule has 0 amide bonds. The minimum absolute atomic E-state index is 0.0750. The molecule has 0 aromatic rings. The number of hydrogen-bond acceptors (Lipinski definition) is 6. The van der Waals surface area contributed by atoms with Gasteiger partial charge in [0.15, 0.2) is 6.10 Å². The Hall–Kier alpha value is -3.67. The predicted molar refractivity (Wildman–Crippen MR) is 362 cm³/mol. The summed E-state index contributed by atoms with van der Waals surface area (Å²) in [7, 11) is 0. The Bertz CT molecular complexity index is 1610. The lowest BCUT2D eigenvalue weighted by atomic mass is 10.0. The van der Waals surface area contributed by atoms with Crippen molar-refractivity contribution < 1.29 is 28.6 Å². The highest BCUT2D eigenvalue weighted by Crippen LogP contribution is 2.17. The molecule has 0 radical (unpaired) electrons. The van der Waals surface area contributed by atoms with Crippen LogP contribution in [0.5, 0.6) is 0 Å². The van der Waals surface area contributed by atoms with Gasteiger partial charge >= 0.3 is 17.9 Å². The van der Waals surface area contributed by atoms with Crippen LogP contribution in [0.15, 0.2) is 97.2 Å². The molecule has 0 N–H and O–H groups in total. The van der Waals surface area contributed by atoms with Gasteiger partial charge in [-0.3, -0.25) is 14.4 Å². The molecule has 1 atom stereocenters. The molecule has 0 spiro atoms. The third kappa shape index (κ3) is 69.0. The van der Waals surface area contributed by atoms with Gasteiger partial charge in [0, 0.05) is 19.3 Å². The van der Waals surface area contributed by atoms with Crippen molar-refractivity contribution in [2.75, 3.05) is 13.2 Å². The van der Waals surface area contributed by atoms with E-state index in [9.17, 15) is 14.4 Å². The number of carbonyl (C=O) groups is 3. The van der Waals surface area contributed by atoms with Crippen LogP contribution in [0.4, 0.5) is 0 Å². The molecule has 6 heteroatoms. The van der Waals surface area contributed by atoms with Crippen LogP contribution in [0.1, 0.15) is 355 Å². The third-order valence-electron chi connectivity index (χ3n) is 15.6. The number of rotatable bonds is 65. The Labute approximate surface area is 515 Å². The average molecular weight is 1160 g/mol. The second kappa shape index (κ2) is 70.8. The molecule has 0 bridgehead atoms. The first-order valence-electron chi connectivity index (χ1n) is 35.7. The van der Waals surface area contributed by atoms with Gasteiger partial charge in [-0.25, -0.2) is 0 Å². The van der Waals surface area contributed by atoms with Gasteiger partial charge in [-0.05, 0) is 103 Å². The first-order valence-corrected chi connectivity index (χ1v) is 35.7. The largest absolute Gasteiger partial charge is 0.462 e. The predicted octanol–water partition coefficient (Wildman–Crippen LogP) is 24.8. The molecule has 0 saturated heterocycles. The Balaban J connectivity index is 4.15. The minimum Gasteiger partial charge on any atom is -0.462 e. The Kier molecular flexibility index (Phi) is 67.7. The molecule has 6 nitrogen and oxygen atoms in total. The van der Waals surface area contributed by atoms with Crippen LogP contribution < -0.4 is 0 Å². The van der Waals surface area contributed by atoms with Gasteiger partial charge in [0.2, 0.25) is 0 Å². The molecule has 0 saturated carbocycles. The van der Waals surface area contributed by atoms with Crippen LogP contribution in [0.25, 0.3) is 0 Å². The maximum Gasteiger partial charge on any atom is 0.306 e. The molecule has 1 unspecified atom stereocenters. The number of esters is 3. The van der Waals surface area contributed by atoms with Crippen molar-refractivity contribution in [3.63, 3.8) is 0 Å². The monoisotopic (exact) mass is 1160 g/mol. The van der Waals surface area contributed by atoms with E-state index in [0.29, 0.717) is 19.3 Å². The van der Waals surface area contributed by atoms with E-state index in [1.165, 1.54) is 212 Å². The van der Waals surface area contributed by atoms with Crippen molar-refractivity contribution in [2.45, 2.75) is 361 Å². The second-order valence-electron chi connectivity index (χ2n) is 23.8. The Morgan fingerprint density at radius 1 is 0.253 bits per heavy atom. The number of unbranched alkanes of at least 4 members (excludes halogenated alkanes) is 38. The molecular formula is C77H134O6. The van der Waals surface area contributed by atoms with Gasteiger partial charge in [0.1, 0.15) is 13.2 Å². The van der Waals surface area contributed by atoms with E-state index in [1.54, 1.807) is 0 Å². The summed E-state index contributed by atoms with van der Waals surface area (Å²) in [6, 6.07) is 0. The fraction of sp³-hybridized carbons (Fsp3) is 0.753. The van der Waals surface area contributed by atoms with Crippen LogP contribution in [-0.4, -0.2) is 37.2 Å². The van der Waals surface area contributed by atoms with E-state index < -0.39 is 6.10 Å². The van der Waals surface area contributed by atoms with Crippen molar-refractivity contribution in [1.82, 2.24) is 0 Å². The summed E-state index contributed by atoms with van der Waals surface area (Å²) in [6.45, 7) is 6.53. The van der Waals surface area contributed by atoms with Crippen molar-refractivity contribution in [3.05, 3.63) is 97.2 Å². The van der Waals surface area contributed by atoms with Gasteiger partial charge < -0.3 is 14.2 Å². The summed E-state index contributed by atoms with van der Waals surface area (Å²) in [5.41, 5.74) is 0. The van der Waals surface area contributed by atoms with Gasteiger partial charge in [-0.2, -0.15) is 0 Å². The van der Waals surface area contributed by atoms with E-state index in [2.05, 4.69) is 118 Å². The molecule has 478 valence electrons. The third-order valence-corrected chi connectivity index (χ3v) is 15.6. The highest BCUT2D eigenvalue weighted by atomic mass is 16.6. The fourth-order valence-electron chi connectivity index (χ4n) is 10.2. The first-order chi connectivity index (χ1) is 41.0. The lowest BCUT2D eigenvalue weighted by Gasteiger charge is -2.18. The van der Waals surface area contributed by atoms with Crippen LogP contribution in [0, 0.1) is 0 Å². The number of ether oxygens (including phenoxy) is 3. The molecule has 0 aliphatic rings. The summed E-state index contributed by atoms with van der Waals surface area (Å²) in [4.78, 5) is 38.3. The lowest BCUT2D eigenvalue weighted by molar-refractivity contribution is -0.167. The summed E-state index contributed by atoms with van der Waals surface area (Å²) >= 11 is 0. The average Bonchev–Trinajstić information content (AvgIpc) is 3.49. The van der Waals surface area contributed by atoms with Gasteiger partial charge in [0.25, 0.3) is 0 Å². The SMILES string of the molecule is CC/C=C\C/C=C\C/C=C\C/C=C\C/C=C\CCCCCCCCCCCCCC(=O)OC(COC(=O)CCCCCCCCCCC)COC(=O)CCCCCCCCCCCCCCCC/C=C\C/C=C\C/C=C\CCCCCCC. The second-order valence-corrected chi connectivity index (χ2v) is 23.8. The molecule has 0 aromatic carbocycles. The van der Waals surface area contributed by atoms with E-state index in [-0.39, 0.29) is 31.1 Å². The maximum atomic E-state index is 12.9. The normalized spacial score (nSPS) is 12.7. The Morgan fingerprint density at radius 3 is 0.735 bits per heavy atom. The number of carbonyl (C=O) groups excluding carboxylic acids is 3. The molecule has 0 rings (SSSR count). The molecule has 0 heterocycles. The summed E-state index contributed by atoms with van der Waals surface area (Å²) < 4.78 is 16.9. The fourth-order valence-corrected chi connectivity index (χ4v) is 10.2. The van der Waals surface area contributed by atoms with Gasteiger partial charge in [0.05, 0.1) is 0 Å². The van der Waals surface area contributed by atoms with Crippen LogP contribution in [-0.2, 0) is 28.6 Å². The quantitative estimate of drug-likeness (QED) is 0.0261. The molecule has 0 aromatic heterocycles. The molecular weight excluding hydrogens is 1020 g/mol. The van der Waals surface area contributed by atoms with E-state index in [4.69, 9.17) is 14.2 Å². The molecule has 0 fully saturated rings. The molecule has 0 aliphatic carbocycles. The van der Waals surface area contributed by atoms with Crippen LogP contribution in [0.2, 0.25) is 0 Å². The minimum atomic E-state index is -0.778. The van der Waals surface area contributed by atoms with Crippen LogP contribution in [0.3, 0.4) is 0 Å². The van der Waals surface area contributed by atoms with Crippen LogP contribution >= 0.6 is 0 Å². The molecule has 0 aliphatic heterocycles. The smallest absolute Gasteiger partial charge is 0.306 e. The molecule has 83 heavy (non-hydrogen) atoms. The highest BCUT2D eigenvalue weighted by molar-refractivity contribution is 5.71. The van der Waals surface area contributed by atoms with Crippen molar-refractivity contribution in [1.29, 1.82) is 0 Å². The number of allylic oxidation sites excluding steroid dienone is 16. The standard InChI is InChI=1S/C77H134O6/c1-4-7-10-13-16-19-21-23-25-27-29-31-33-35-37-38-40-41-43-45-47-49-51-53-55-58-61-64-67-70-76(79)82-73-74(72-81-75(78)69-66-63-60-57-18-15-12-9-6-3)83-77(80)71-68-65-62-59-56-54-52-50-48-46-44-42-39-36-34-32-30-28-26-24-22-20-17-14-11-8-5-2/h8,11,17,20-21,23-24,26-27,29-30,32-33,35-36,39,74H,4-7,9-10,12-16,18-19,22,25,28,31,34,37-38,40-73H2,1-3H3/b11-8-,20-17-,23-21-,26-24-,29-27-,32-30-,35-33-,39-36-. The van der Waals surface area contributed by atoms with Gasteiger partial charge in [-0.1, -0.05) is 330 Å². The zero-order valence-corrected chi connectivity index (χ0v) is 54.9. The highest BCUT2D eigenvalue weighted by Gasteiger charge is 2.19. The summed E-state index contributed by atoms with van der Waals surface area (Å²) in [6.07, 6.45) is 95.9. The van der Waals surface area contributed by atoms with Crippen molar-refractivity contribution in [2.24, 2.45) is 0 Å². The van der Waals surface area contributed by atoms with E-state index in [1.807, 2.05) is 0 Å². The van der Waals surface area contributed by atoms with Crippen molar-refractivity contribution in [3.8, 4) is 0 Å². The summed E-state index contributed by atoms with van der Waals surface area (Å²) in [5, 5.41) is 0. The van der Waals surface area contributed by atoms with Crippen molar-refractivity contribution >= 4 is 17.9 Å². The zero-order chi connectivity index (χ0) is 59.9.